The van der Waals surface area contributed by atoms with Crippen LogP contribution in [0.2, 0.25) is 0 Å². The minimum atomic E-state index is -0.230. The van der Waals surface area contributed by atoms with Gasteiger partial charge in [0.25, 0.3) is 0 Å². The third kappa shape index (κ3) is 3.15. The van der Waals surface area contributed by atoms with Gasteiger partial charge in [0, 0.05) is 23.7 Å². The van der Waals surface area contributed by atoms with Gasteiger partial charge < -0.3 is 16.3 Å². The smallest absolute Gasteiger partial charge is 0.170 e. The summed E-state index contributed by atoms with van der Waals surface area (Å²) in [5, 5.41) is 18.3. The van der Waals surface area contributed by atoms with Crippen LogP contribution in [0, 0.1) is 0 Å². The molecule has 20 heavy (non-hydrogen) atoms. The number of nitrogens with zero attached hydrogens (tertiary/aromatic N) is 2. The number of aromatic nitrogens is 1. The van der Waals surface area contributed by atoms with Crippen molar-refractivity contribution in [3.8, 4) is 0 Å². The van der Waals surface area contributed by atoms with Crippen molar-refractivity contribution >= 4 is 17.2 Å². The molecule has 106 valence electrons. The van der Waals surface area contributed by atoms with Crippen molar-refractivity contribution in [2.24, 2.45) is 10.9 Å². The highest BCUT2D eigenvalue weighted by molar-refractivity contribution is 7.09. The van der Waals surface area contributed by atoms with Crippen LogP contribution in [0.1, 0.15) is 30.0 Å². The highest BCUT2D eigenvalue weighted by atomic mass is 32.1. The maximum absolute atomic E-state index is 8.83. The van der Waals surface area contributed by atoms with Crippen molar-refractivity contribution in [2.75, 3.05) is 0 Å². The molecular weight excluding hydrogens is 272 g/mol. The zero-order valence-corrected chi connectivity index (χ0v) is 12.3. The summed E-state index contributed by atoms with van der Waals surface area (Å²) >= 11 is 1.62. The number of nitrogens with one attached hydrogen (secondary N) is 1. The highest BCUT2D eigenvalue weighted by Gasteiger charge is 2.22. The number of benzene rings is 1. The molecule has 0 aliphatic rings. The standard InChI is InChI=1S/C14H18N4OS/c1-14(2,13-16-7-8-20-13)17-9-10-5-3-4-6-11(10)12(15)18-19/h3-8,17,19H,9H2,1-2H3,(H2,15,18). The molecule has 0 atom stereocenters. The second-order valence-electron chi connectivity index (χ2n) is 4.96. The number of oxime groups is 1. The minimum absolute atomic E-state index is 0.120. The number of rotatable bonds is 5. The summed E-state index contributed by atoms with van der Waals surface area (Å²) in [6.45, 7) is 4.77. The van der Waals surface area contributed by atoms with Crippen molar-refractivity contribution in [2.45, 2.75) is 25.9 Å². The van der Waals surface area contributed by atoms with Gasteiger partial charge in [-0.3, -0.25) is 0 Å². The van der Waals surface area contributed by atoms with Crippen LogP contribution < -0.4 is 11.1 Å². The van der Waals surface area contributed by atoms with Crippen LogP contribution in [0.4, 0.5) is 0 Å². The van der Waals surface area contributed by atoms with Crippen LogP contribution in [-0.2, 0) is 12.1 Å². The predicted octanol–water partition coefficient (Wildman–Crippen LogP) is 2.26. The van der Waals surface area contributed by atoms with Gasteiger partial charge in [0.15, 0.2) is 5.84 Å². The quantitative estimate of drug-likeness (QED) is 0.341. The number of nitrogens with two attached hydrogens (primary N) is 1. The van der Waals surface area contributed by atoms with E-state index in [9.17, 15) is 0 Å². The second-order valence-corrected chi connectivity index (χ2v) is 5.85. The summed E-state index contributed by atoms with van der Waals surface area (Å²) in [5.74, 6) is 0.120. The molecule has 5 nitrogen and oxygen atoms in total. The Balaban J connectivity index is 2.16. The molecule has 0 aliphatic carbocycles. The van der Waals surface area contributed by atoms with Crippen molar-refractivity contribution in [1.29, 1.82) is 0 Å². The molecule has 1 heterocycles. The highest BCUT2D eigenvalue weighted by Crippen LogP contribution is 2.23. The molecule has 1 aromatic carbocycles. The van der Waals surface area contributed by atoms with Gasteiger partial charge in [-0.15, -0.1) is 11.3 Å². The summed E-state index contributed by atoms with van der Waals surface area (Å²) in [4.78, 5) is 4.34. The average Bonchev–Trinajstić information content (AvgIpc) is 3.00. The molecule has 4 N–H and O–H groups in total. The van der Waals surface area contributed by atoms with Gasteiger partial charge in [-0.2, -0.15) is 0 Å². The first-order valence-electron chi connectivity index (χ1n) is 6.25. The molecule has 0 saturated heterocycles. The monoisotopic (exact) mass is 290 g/mol. The molecule has 0 unspecified atom stereocenters. The molecule has 6 heteroatoms. The summed E-state index contributed by atoms with van der Waals surface area (Å²) in [6.07, 6.45) is 1.80. The summed E-state index contributed by atoms with van der Waals surface area (Å²) in [6, 6.07) is 7.59. The normalized spacial score (nSPS) is 12.6. The lowest BCUT2D eigenvalue weighted by Crippen LogP contribution is -2.36. The third-order valence-electron chi connectivity index (χ3n) is 3.09. The van der Waals surface area contributed by atoms with E-state index in [4.69, 9.17) is 10.9 Å². The molecule has 0 saturated carbocycles. The van der Waals surface area contributed by atoms with E-state index >= 15 is 0 Å². The fourth-order valence-electron chi connectivity index (χ4n) is 1.90. The van der Waals surface area contributed by atoms with E-state index in [1.54, 1.807) is 17.5 Å². The molecular formula is C14H18N4OS. The van der Waals surface area contributed by atoms with Gasteiger partial charge in [-0.05, 0) is 19.4 Å². The van der Waals surface area contributed by atoms with Crippen molar-refractivity contribution in [1.82, 2.24) is 10.3 Å². The molecule has 0 spiro atoms. The Labute approximate surface area is 122 Å². The fourth-order valence-corrected chi connectivity index (χ4v) is 2.64. The largest absolute Gasteiger partial charge is 0.409 e. The first kappa shape index (κ1) is 14.5. The van der Waals surface area contributed by atoms with Crippen LogP contribution in [0.5, 0.6) is 0 Å². The summed E-state index contributed by atoms with van der Waals surface area (Å²) in [5.41, 5.74) is 7.17. The molecule has 2 aromatic rings. The number of hydrogen-bond donors (Lipinski definition) is 3. The molecule has 1 aromatic heterocycles. The lowest BCUT2D eigenvalue weighted by molar-refractivity contribution is 0.318. The Morgan fingerprint density at radius 3 is 2.85 bits per heavy atom. The van der Waals surface area contributed by atoms with E-state index in [2.05, 4.69) is 29.3 Å². The van der Waals surface area contributed by atoms with Crippen molar-refractivity contribution in [3.63, 3.8) is 0 Å². The number of hydrogen-bond acceptors (Lipinski definition) is 5. The van der Waals surface area contributed by atoms with Gasteiger partial charge in [-0.1, -0.05) is 29.4 Å². The Morgan fingerprint density at radius 2 is 2.20 bits per heavy atom. The predicted molar refractivity (Wildman–Crippen MR) is 80.9 cm³/mol. The van der Waals surface area contributed by atoms with Gasteiger partial charge in [0.05, 0.1) is 5.54 Å². The van der Waals surface area contributed by atoms with Gasteiger partial charge in [-0.25, -0.2) is 4.98 Å². The van der Waals surface area contributed by atoms with Crippen molar-refractivity contribution in [3.05, 3.63) is 52.0 Å². The Bertz CT molecular complexity index is 593. The van der Waals surface area contributed by atoms with E-state index in [1.165, 1.54) is 0 Å². The Kier molecular flexibility index (Phi) is 4.36. The minimum Gasteiger partial charge on any atom is -0.409 e. The van der Waals surface area contributed by atoms with Crippen LogP contribution in [0.25, 0.3) is 0 Å². The van der Waals surface area contributed by atoms with E-state index < -0.39 is 0 Å². The maximum atomic E-state index is 8.83. The van der Waals surface area contributed by atoms with Crippen LogP contribution in [-0.4, -0.2) is 16.0 Å². The maximum Gasteiger partial charge on any atom is 0.170 e. The van der Waals surface area contributed by atoms with Gasteiger partial charge >= 0.3 is 0 Å². The van der Waals surface area contributed by atoms with Crippen LogP contribution in [0.3, 0.4) is 0 Å². The van der Waals surface area contributed by atoms with Gasteiger partial charge in [0.1, 0.15) is 5.01 Å². The topological polar surface area (TPSA) is 83.5 Å². The molecule has 0 bridgehead atoms. The lowest BCUT2D eigenvalue weighted by atomic mass is 10.0. The molecule has 0 aliphatic heterocycles. The van der Waals surface area contributed by atoms with E-state index in [1.807, 2.05) is 29.6 Å². The number of thiazole rings is 1. The van der Waals surface area contributed by atoms with Gasteiger partial charge in [0.2, 0.25) is 0 Å². The first-order chi connectivity index (χ1) is 9.54. The molecule has 0 radical (unpaired) electrons. The zero-order chi connectivity index (χ0) is 14.6. The Morgan fingerprint density at radius 1 is 1.45 bits per heavy atom. The number of amidine groups is 1. The zero-order valence-electron chi connectivity index (χ0n) is 11.5. The lowest BCUT2D eigenvalue weighted by Gasteiger charge is -2.24. The first-order valence-corrected chi connectivity index (χ1v) is 7.13. The average molecular weight is 290 g/mol. The van der Waals surface area contributed by atoms with E-state index in [0.29, 0.717) is 6.54 Å². The molecule has 2 rings (SSSR count). The molecule has 0 fully saturated rings. The second kappa shape index (κ2) is 6.02. The van der Waals surface area contributed by atoms with Crippen molar-refractivity contribution < 1.29 is 5.21 Å². The van der Waals surface area contributed by atoms with E-state index in [-0.39, 0.29) is 11.4 Å². The third-order valence-corrected chi connectivity index (χ3v) is 4.19. The van der Waals surface area contributed by atoms with Crippen LogP contribution in [0.15, 0.2) is 41.0 Å². The summed E-state index contributed by atoms with van der Waals surface area (Å²) in [7, 11) is 0. The molecule has 0 amide bonds. The Hall–Kier alpha value is -1.92. The van der Waals surface area contributed by atoms with Crippen LogP contribution >= 0.6 is 11.3 Å². The van der Waals surface area contributed by atoms with E-state index in [0.717, 1.165) is 16.1 Å². The summed E-state index contributed by atoms with van der Waals surface area (Å²) < 4.78 is 0. The SMILES string of the molecule is CC(C)(NCc1ccccc1/C(N)=N/O)c1nccs1. The fraction of sp³-hybridized carbons (Fsp3) is 0.286.